The Kier molecular flexibility index (Phi) is 3.63. The maximum Gasteiger partial charge on any atom is 0.254 e. The summed E-state index contributed by atoms with van der Waals surface area (Å²) in [4.78, 5) is 23.1. The molecule has 6 nitrogen and oxygen atoms in total. The molecule has 7 heteroatoms. The Bertz CT molecular complexity index is 800. The Morgan fingerprint density at radius 1 is 1.35 bits per heavy atom. The maximum absolute atomic E-state index is 12.9. The molecule has 3 aromatic heterocycles. The Morgan fingerprint density at radius 3 is 3.09 bits per heavy atom. The molecular formula is C16H15N5OS. The van der Waals surface area contributed by atoms with E-state index < -0.39 is 0 Å². The SMILES string of the molecule is O=C(c1ccnc(-n2cncn2)c1)N1CCCC1c1ccsc1. The minimum absolute atomic E-state index is 0.0439. The first-order valence-corrected chi connectivity index (χ1v) is 8.41. The summed E-state index contributed by atoms with van der Waals surface area (Å²) in [5, 5.41) is 8.25. The number of carbonyl (C=O) groups excluding carboxylic acids is 1. The largest absolute Gasteiger partial charge is 0.332 e. The number of carbonyl (C=O) groups is 1. The summed E-state index contributed by atoms with van der Waals surface area (Å²) in [5.41, 5.74) is 1.86. The van der Waals surface area contributed by atoms with Gasteiger partial charge in [-0.05, 0) is 47.4 Å². The second-order valence-electron chi connectivity index (χ2n) is 5.46. The molecule has 1 atom stereocenters. The number of hydrogen-bond acceptors (Lipinski definition) is 5. The molecule has 0 saturated carbocycles. The van der Waals surface area contributed by atoms with E-state index in [1.54, 1.807) is 40.7 Å². The Hall–Kier alpha value is -2.54. The number of rotatable bonds is 3. The van der Waals surface area contributed by atoms with Crippen molar-refractivity contribution in [3.63, 3.8) is 0 Å². The number of hydrogen-bond donors (Lipinski definition) is 0. The van der Waals surface area contributed by atoms with Crippen LogP contribution in [0.15, 0.2) is 47.8 Å². The van der Waals surface area contributed by atoms with Crippen molar-refractivity contribution in [3.05, 3.63) is 58.9 Å². The lowest BCUT2D eigenvalue weighted by Gasteiger charge is -2.24. The van der Waals surface area contributed by atoms with Crippen LogP contribution in [0.5, 0.6) is 0 Å². The van der Waals surface area contributed by atoms with Gasteiger partial charge in [-0.1, -0.05) is 0 Å². The fourth-order valence-electron chi connectivity index (χ4n) is 2.99. The second kappa shape index (κ2) is 5.92. The molecule has 1 aliphatic rings. The lowest BCUT2D eigenvalue weighted by atomic mass is 10.1. The van der Waals surface area contributed by atoms with Gasteiger partial charge in [0.25, 0.3) is 5.91 Å². The number of pyridine rings is 1. The summed E-state index contributed by atoms with van der Waals surface area (Å²) in [6.45, 7) is 0.792. The first kappa shape index (κ1) is 14.1. The lowest BCUT2D eigenvalue weighted by Crippen LogP contribution is -2.30. The van der Waals surface area contributed by atoms with E-state index >= 15 is 0 Å². The highest BCUT2D eigenvalue weighted by atomic mass is 32.1. The van der Waals surface area contributed by atoms with Crippen molar-refractivity contribution in [2.24, 2.45) is 0 Å². The summed E-state index contributed by atoms with van der Waals surface area (Å²) >= 11 is 1.67. The van der Waals surface area contributed by atoms with Crippen LogP contribution in [-0.4, -0.2) is 37.1 Å². The third kappa shape index (κ3) is 2.63. The van der Waals surface area contributed by atoms with Crippen LogP contribution in [0.4, 0.5) is 0 Å². The highest BCUT2D eigenvalue weighted by molar-refractivity contribution is 7.08. The van der Waals surface area contributed by atoms with Crippen LogP contribution in [-0.2, 0) is 0 Å². The average Bonchev–Trinajstić information content (AvgIpc) is 3.35. The van der Waals surface area contributed by atoms with E-state index in [0.717, 1.165) is 19.4 Å². The number of amides is 1. The zero-order valence-electron chi connectivity index (χ0n) is 12.4. The van der Waals surface area contributed by atoms with Crippen molar-refractivity contribution in [1.82, 2.24) is 24.6 Å². The molecule has 1 amide bonds. The van der Waals surface area contributed by atoms with Gasteiger partial charge in [0.05, 0.1) is 6.04 Å². The summed E-state index contributed by atoms with van der Waals surface area (Å²) in [5.74, 6) is 0.641. The van der Waals surface area contributed by atoms with Gasteiger partial charge in [0, 0.05) is 18.3 Å². The van der Waals surface area contributed by atoms with Gasteiger partial charge in [-0.2, -0.15) is 16.4 Å². The first-order chi connectivity index (χ1) is 11.3. The van der Waals surface area contributed by atoms with Crippen molar-refractivity contribution in [3.8, 4) is 5.82 Å². The fraction of sp³-hybridized carbons (Fsp3) is 0.250. The summed E-state index contributed by atoms with van der Waals surface area (Å²) < 4.78 is 1.55. The van der Waals surface area contributed by atoms with Crippen LogP contribution in [0.2, 0.25) is 0 Å². The number of aromatic nitrogens is 4. The minimum Gasteiger partial charge on any atom is -0.332 e. The van der Waals surface area contributed by atoms with Gasteiger partial charge in [-0.25, -0.2) is 14.6 Å². The van der Waals surface area contributed by atoms with Crippen molar-refractivity contribution in [2.75, 3.05) is 6.54 Å². The molecule has 0 spiro atoms. The van der Waals surface area contributed by atoms with Gasteiger partial charge in [0.2, 0.25) is 0 Å². The topological polar surface area (TPSA) is 63.9 Å². The molecule has 1 saturated heterocycles. The van der Waals surface area contributed by atoms with E-state index in [0.29, 0.717) is 11.4 Å². The quantitative estimate of drug-likeness (QED) is 0.743. The van der Waals surface area contributed by atoms with Gasteiger partial charge in [-0.3, -0.25) is 4.79 Å². The maximum atomic E-state index is 12.9. The molecule has 0 aromatic carbocycles. The molecular weight excluding hydrogens is 310 g/mol. The molecule has 116 valence electrons. The second-order valence-corrected chi connectivity index (χ2v) is 6.24. The van der Waals surface area contributed by atoms with Gasteiger partial charge in [-0.15, -0.1) is 0 Å². The van der Waals surface area contributed by atoms with E-state index in [4.69, 9.17) is 0 Å². The third-order valence-corrected chi connectivity index (χ3v) is 4.79. The van der Waals surface area contributed by atoms with Crippen LogP contribution in [0.3, 0.4) is 0 Å². The van der Waals surface area contributed by atoms with Crippen LogP contribution < -0.4 is 0 Å². The molecule has 23 heavy (non-hydrogen) atoms. The van der Waals surface area contributed by atoms with Gasteiger partial charge < -0.3 is 4.90 Å². The third-order valence-electron chi connectivity index (χ3n) is 4.09. The highest BCUT2D eigenvalue weighted by Crippen LogP contribution is 2.34. The predicted octanol–water partition coefficient (Wildman–Crippen LogP) is 2.70. The number of thiophene rings is 1. The normalized spacial score (nSPS) is 17.6. The number of nitrogens with zero attached hydrogens (tertiary/aromatic N) is 5. The van der Waals surface area contributed by atoms with Crippen LogP contribution >= 0.6 is 11.3 Å². The molecule has 0 radical (unpaired) electrons. The van der Waals surface area contributed by atoms with Crippen LogP contribution in [0, 0.1) is 0 Å². The molecule has 0 aliphatic carbocycles. The lowest BCUT2D eigenvalue weighted by molar-refractivity contribution is 0.0735. The van der Waals surface area contributed by atoms with E-state index in [9.17, 15) is 4.79 Å². The average molecular weight is 325 g/mol. The Morgan fingerprint density at radius 2 is 2.30 bits per heavy atom. The van der Waals surface area contributed by atoms with Crippen LogP contribution in [0.1, 0.15) is 34.8 Å². The zero-order valence-corrected chi connectivity index (χ0v) is 13.2. The van der Waals surface area contributed by atoms with E-state index in [-0.39, 0.29) is 11.9 Å². The number of likely N-dealkylation sites (tertiary alicyclic amines) is 1. The molecule has 1 aliphatic heterocycles. The van der Waals surface area contributed by atoms with Crippen molar-refractivity contribution >= 4 is 17.2 Å². The van der Waals surface area contributed by atoms with Gasteiger partial charge in [0.15, 0.2) is 5.82 Å². The van der Waals surface area contributed by atoms with Crippen molar-refractivity contribution in [1.29, 1.82) is 0 Å². The summed E-state index contributed by atoms with van der Waals surface area (Å²) in [6.07, 6.45) is 6.71. The van der Waals surface area contributed by atoms with Gasteiger partial charge in [0.1, 0.15) is 12.7 Å². The Balaban J connectivity index is 1.63. The molecule has 0 bridgehead atoms. The predicted molar refractivity (Wildman–Crippen MR) is 86.5 cm³/mol. The molecule has 1 unspecified atom stereocenters. The van der Waals surface area contributed by atoms with Crippen molar-refractivity contribution < 1.29 is 4.79 Å². The van der Waals surface area contributed by atoms with Gasteiger partial charge >= 0.3 is 0 Å². The van der Waals surface area contributed by atoms with E-state index in [1.165, 1.54) is 11.9 Å². The molecule has 4 rings (SSSR count). The summed E-state index contributed by atoms with van der Waals surface area (Å²) in [6, 6.07) is 5.80. The van der Waals surface area contributed by atoms with E-state index in [2.05, 4.69) is 31.9 Å². The van der Waals surface area contributed by atoms with Crippen LogP contribution in [0.25, 0.3) is 5.82 Å². The fourth-order valence-corrected chi connectivity index (χ4v) is 3.70. The highest BCUT2D eigenvalue weighted by Gasteiger charge is 2.30. The molecule has 4 heterocycles. The zero-order chi connectivity index (χ0) is 15.6. The van der Waals surface area contributed by atoms with Crippen molar-refractivity contribution in [2.45, 2.75) is 18.9 Å². The smallest absolute Gasteiger partial charge is 0.254 e. The van der Waals surface area contributed by atoms with E-state index in [1.807, 2.05) is 4.90 Å². The minimum atomic E-state index is 0.0439. The Labute approximate surface area is 137 Å². The summed E-state index contributed by atoms with van der Waals surface area (Å²) in [7, 11) is 0. The molecule has 3 aromatic rings. The molecule has 0 N–H and O–H groups in total. The first-order valence-electron chi connectivity index (χ1n) is 7.47. The standard InChI is InChI=1S/C16H15N5OS/c22-16(20-6-1-2-14(20)13-4-7-23-9-13)12-3-5-18-15(8-12)21-11-17-10-19-21/h3-5,7-11,14H,1-2,6H2. The monoisotopic (exact) mass is 325 g/mol. The molecule has 1 fully saturated rings.